The van der Waals surface area contributed by atoms with Crippen molar-refractivity contribution in [2.24, 2.45) is 5.73 Å². The Kier molecular flexibility index (Phi) is 3.25. The maximum absolute atomic E-state index is 8.79. The molecule has 0 bridgehead atoms. The van der Waals surface area contributed by atoms with Gasteiger partial charge in [0.25, 0.3) is 0 Å². The number of nitrogens with zero attached hydrogens (tertiary/aromatic N) is 1. The fourth-order valence-electron chi connectivity index (χ4n) is 1.50. The summed E-state index contributed by atoms with van der Waals surface area (Å²) in [5.41, 5.74) is 7.73. The summed E-state index contributed by atoms with van der Waals surface area (Å²) in [6.45, 7) is 0.465. The summed E-state index contributed by atoms with van der Waals surface area (Å²) in [5.74, 6) is 0. The first-order valence-electron chi connectivity index (χ1n) is 4.73. The summed E-state index contributed by atoms with van der Waals surface area (Å²) in [5, 5.41) is 9.47. The number of halogens is 1. The Morgan fingerprint density at radius 1 is 1.31 bits per heavy atom. The van der Waals surface area contributed by atoms with E-state index in [0.717, 1.165) is 16.0 Å². The van der Waals surface area contributed by atoms with Gasteiger partial charge >= 0.3 is 0 Å². The van der Waals surface area contributed by atoms with E-state index < -0.39 is 0 Å². The van der Waals surface area contributed by atoms with Crippen LogP contribution in [0.15, 0.2) is 30.3 Å². The SMILES string of the molecule is N#Cc1ccc(-c2cc(Cl)ccc2CN)s1. The Balaban J connectivity index is 2.54. The molecule has 1 aromatic carbocycles. The fraction of sp³-hybridized carbons (Fsp3) is 0.0833. The van der Waals surface area contributed by atoms with Crippen molar-refractivity contribution in [2.75, 3.05) is 0 Å². The number of thiophene rings is 1. The van der Waals surface area contributed by atoms with E-state index in [-0.39, 0.29) is 0 Å². The lowest BCUT2D eigenvalue weighted by Gasteiger charge is -2.05. The number of hydrogen-bond donors (Lipinski definition) is 1. The minimum Gasteiger partial charge on any atom is -0.326 e. The molecule has 0 amide bonds. The van der Waals surface area contributed by atoms with Gasteiger partial charge in [-0.25, -0.2) is 0 Å². The third-order valence-electron chi connectivity index (χ3n) is 2.27. The molecule has 0 aliphatic carbocycles. The lowest BCUT2D eigenvalue weighted by molar-refractivity contribution is 1.08. The average Bonchev–Trinajstić information content (AvgIpc) is 2.77. The van der Waals surface area contributed by atoms with Crippen LogP contribution in [0.1, 0.15) is 10.4 Å². The molecule has 2 nitrogen and oxygen atoms in total. The Morgan fingerprint density at radius 2 is 2.12 bits per heavy atom. The van der Waals surface area contributed by atoms with Gasteiger partial charge < -0.3 is 5.73 Å². The molecule has 80 valence electrons. The summed E-state index contributed by atoms with van der Waals surface area (Å²) in [6, 6.07) is 11.5. The van der Waals surface area contributed by atoms with Crippen LogP contribution < -0.4 is 5.73 Å². The Labute approximate surface area is 103 Å². The molecule has 0 saturated heterocycles. The van der Waals surface area contributed by atoms with Gasteiger partial charge in [-0.2, -0.15) is 5.26 Å². The van der Waals surface area contributed by atoms with Gasteiger partial charge in [-0.1, -0.05) is 17.7 Å². The number of benzene rings is 1. The van der Waals surface area contributed by atoms with Crippen LogP contribution in [0.5, 0.6) is 0 Å². The number of nitrogens with two attached hydrogens (primary N) is 1. The summed E-state index contributed by atoms with van der Waals surface area (Å²) >= 11 is 7.41. The first-order valence-corrected chi connectivity index (χ1v) is 5.93. The molecule has 0 aliphatic rings. The molecule has 2 rings (SSSR count). The fourth-order valence-corrected chi connectivity index (χ4v) is 2.53. The molecular formula is C12H9ClN2S. The molecule has 1 heterocycles. The minimum absolute atomic E-state index is 0.465. The van der Waals surface area contributed by atoms with Gasteiger partial charge in [-0.3, -0.25) is 0 Å². The zero-order chi connectivity index (χ0) is 11.5. The maximum Gasteiger partial charge on any atom is 0.110 e. The topological polar surface area (TPSA) is 49.8 Å². The van der Waals surface area contributed by atoms with Gasteiger partial charge in [0.15, 0.2) is 0 Å². The lowest BCUT2D eigenvalue weighted by atomic mass is 10.1. The highest BCUT2D eigenvalue weighted by Gasteiger charge is 2.07. The highest BCUT2D eigenvalue weighted by atomic mass is 35.5. The first-order chi connectivity index (χ1) is 7.74. The highest BCUT2D eigenvalue weighted by Crippen LogP contribution is 2.32. The summed E-state index contributed by atoms with van der Waals surface area (Å²) in [6.07, 6.45) is 0. The molecule has 0 atom stereocenters. The van der Waals surface area contributed by atoms with E-state index in [0.29, 0.717) is 16.4 Å². The Hall–Kier alpha value is -1.34. The zero-order valence-electron chi connectivity index (χ0n) is 8.40. The number of nitriles is 1. The summed E-state index contributed by atoms with van der Waals surface area (Å²) in [4.78, 5) is 1.72. The van der Waals surface area contributed by atoms with Crippen LogP contribution in [0.2, 0.25) is 5.02 Å². The normalized spacial score (nSPS) is 10.1. The van der Waals surface area contributed by atoms with Crippen molar-refractivity contribution in [3.05, 3.63) is 45.8 Å². The average molecular weight is 249 g/mol. The predicted octanol–water partition coefficient (Wildman–Crippen LogP) is 3.40. The highest BCUT2D eigenvalue weighted by molar-refractivity contribution is 7.16. The van der Waals surface area contributed by atoms with Crippen LogP contribution >= 0.6 is 22.9 Å². The van der Waals surface area contributed by atoms with Crippen molar-refractivity contribution in [1.82, 2.24) is 0 Å². The van der Waals surface area contributed by atoms with Gasteiger partial charge in [-0.05, 0) is 35.4 Å². The second-order valence-corrected chi connectivity index (χ2v) is 4.80. The lowest BCUT2D eigenvalue weighted by Crippen LogP contribution is -1.98. The van der Waals surface area contributed by atoms with Crippen LogP contribution in [-0.2, 0) is 6.54 Å². The van der Waals surface area contributed by atoms with Crippen molar-refractivity contribution in [1.29, 1.82) is 5.26 Å². The quantitative estimate of drug-likeness (QED) is 0.886. The van der Waals surface area contributed by atoms with Crippen LogP contribution in [0, 0.1) is 11.3 Å². The molecule has 0 spiro atoms. The molecule has 0 radical (unpaired) electrons. The molecule has 0 saturated carbocycles. The van der Waals surface area contributed by atoms with E-state index in [2.05, 4.69) is 6.07 Å². The van der Waals surface area contributed by atoms with Gasteiger partial charge in [0.2, 0.25) is 0 Å². The van der Waals surface area contributed by atoms with Gasteiger partial charge in [-0.15, -0.1) is 11.3 Å². The van der Waals surface area contributed by atoms with Gasteiger partial charge in [0, 0.05) is 16.4 Å². The molecule has 4 heteroatoms. The van der Waals surface area contributed by atoms with Crippen LogP contribution in [0.4, 0.5) is 0 Å². The molecule has 0 aliphatic heterocycles. The second kappa shape index (κ2) is 4.67. The first kappa shape index (κ1) is 11.2. The maximum atomic E-state index is 8.79. The van der Waals surface area contributed by atoms with Crippen molar-refractivity contribution in [2.45, 2.75) is 6.54 Å². The summed E-state index contributed by atoms with van der Waals surface area (Å²) in [7, 11) is 0. The smallest absolute Gasteiger partial charge is 0.110 e. The van der Waals surface area contributed by atoms with Crippen molar-refractivity contribution in [3.63, 3.8) is 0 Å². The second-order valence-electron chi connectivity index (χ2n) is 3.28. The third-order valence-corrected chi connectivity index (χ3v) is 3.53. The van der Waals surface area contributed by atoms with Crippen LogP contribution in [0.3, 0.4) is 0 Å². The zero-order valence-corrected chi connectivity index (χ0v) is 9.98. The number of rotatable bonds is 2. The van der Waals surface area contributed by atoms with E-state index in [1.165, 1.54) is 11.3 Å². The minimum atomic E-state index is 0.465. The Morgan fingerprint density at radius 3 is 2.75 bits per heavy atom. The van der Waals surface area contributed by atoms with Crippen molar-refractivity contribution < 1.29 is 0 Å². The molecule has 2 aromatic rings. The molecule has 1 aromatic heterocycles. The van der Waals surface area contributed by atoms with E-state index in [1.54, 1.807) is 6.07 Å². The van der Waals surface area contributed by atoms with Gasteiger partial charge in [0.1, 0.15) is 10.9 Å². The van der Waals surface area contributed by atoms with Crippen LogP contribution in [-0.4, -0.2) is 0 Å². The van der Waals surface area contributed by atoms with E-state index in [9.17, 15) is 0 Å². The molecule has 2 N–H and O–H groups in total. The van der Waals surface area contributed by atoms with E-state index in [4.69, 9.17) is 22.6 Å². The van der Waals surface area contributed by atoms with Crippen molar-refractivity contribution in [3.8, 4) is 16.5 Å². The molecular weight excluding hydrogens is 240 g/mol. The predicted molar refractivity (Wildman–Crippen MR) is 67.4 cm³/mol. The number of hydrogen-bond acceptors (Lipinski definition) is 3. The van der Waals surface area contributed by atoms with Gasteiger partial charge in [0.05, 0.1) is 0 Å². The van der Waals surface area contributed by atoms with E-state index >= 15 is 0 Å². The summed E-state index contributed by atoms with van der Waals surface area (Å²) < 4.78 is 0. The monoisotopic (exact) mass is 248 g/mol. The molecule has 16 heavy (non-hydrogen) atoms. The van der Waals surface area contributed by atoms with Crippen molar-refractivity contribution >= 4 is 22.9 Å². The van der Waals surface area contributed by atoms with E-state index in [1.807, 2.05) is 24.3 Å². The third kappa shape index (κ3) is 2.10. The Bertz CT molecular complexity index is 554. The molecule has 0 unspecified atom stereocenters. The van der Waals surface area contributed by atoms with Crippen LogP contribution in [0.25, 0.3) is 10.4 Å². The molecule has 0 fully saturated rings. The largest absolute Gasteiger partial charge is 0.326 e. The standard InChI is InChI=1S/C12H9ClN2S/c13-9-2-1-8(6-14)11(5-9)12-4-3-10(7-15)16-12/h1-5H,6,14H2.